The summed E-state index contributed by atoms with van der Waals surface area (Å²) in [5, 5.41) is 31.7. The molecule has 64 heavy (non-hydrogen) atoms. The van der Waals surface area contributed by atoms with Gasteiger partial charge in [-0.25, -0.2) is 4.79 Å². The standard InChI is InChI=1S/C7H6O2.2C7H8.2C4H4F6O.C3F6O.C2H4O2.2C2H6.H2O/c8-7(9)6-4-2-1-3-5-6;2*1-7-5-3-2-4-6-7;2*1-2(11,3(5,6)7)4(8,9)10;4-2(5,6)1(10)3(7,8)9;1-2(3)4;2*1-2;/h1-5H,(H,8,9);2*2-6H,1H3;2*11H,1H3;;1H3,(H,3,4);2*1-2H3;1H2. The molecule has 6 N–H and O–H groups in total. The van der Waals surface area contributed by atoms with Gasteiger partial charge in [0.2, 0.25) is 0 Å². The number of carboxylic acid groups (broad SMARTS) is 2. The summed E-state index contributed by atoms with van der Waals surface area (Å²) >= 11 is 0. The molecule has 0 aliphatic heterocycles. The van der Waals surface area contributed by atoms with E-state index in [0.717, 1.165) is 6.92 Å². The van der Waals surface area contributed by atoms with Gasteiger partial charge < -0.3 is 25.9 Å². The Bertz CT molecular complexity index is 1490. The van der Waals surface area contributed by atoms with Crippen LogP contribution in [-0.4, -0.2) is 91.9 Å². The molecule has 0 spiro atoms. The highest BCUT2D eigenvalue weighted by Crippen LogP contribution is 2.43. The fourth-order valence-electron chi connectivity index (χ4n) is 2.13. The predicted octanol–water partition coefficient (Wildman–Crippen LogP) is 12.1. The topological polar surface area (TPSA) is 164 Å². The lowest BCUT2D eigenvalue weighted by molar-refractivity contribution is -0.361. The van der Waals surface area contributed by atoms with Gasteiger partial charge >= 0.3 is 48.8 Å². The van der Waals surface area contributed by atoms with Crippen LogP contribution in [0.4, 0.5) is 79.0 Å². The Morgan fingerprint density at radius 2 is 0.594 bits per heavy atom. The molecule has 0 aliphatic carbocycles. The molecule has 0 amide bonds. The molecule has 0 bridgehead atoms. The first-order chi connectivity index (χ1) is 28.0. The van der Waals surface area contributed by atoms with E-state index in [-0.39, 0.29) is 19.3 Å². The Morgan fingerprint density at radius 1 is 0.422 bits per heavy atom. The third-order valence-corrected chi connectivity index (χ3v) is 5.62. The van der Waals surface area contributed by atoms with Crippen LogP contribution >= 0.6 is 0 Å². The second-order valence-corrected chi connectivity index (χ2v) is 11.0. The lowest BCUT2D eigenvalue weighted by Gasteiger charge is -2.28. The summed E-state index contributed by atoms with van der Waals surface area (Å²) in [6, 6.07) is 28.8. The minimum Gasteiger partial charge on any atom is -0.481 e. The predicted molar refractivity (Wildman–Crippen MR) is 198 cm³/mol. The first-order valence-corrected chi connectivity index (χ1v) is 16.9. The maximum Gasteiger partial charge on any atom is 0.459 e. The molecule has 0 unspecified atom stereocenters. The number of Topliss-reactive ketones (excluding diaryl/α,β-unsaturated/α-hetero) is 1. The highest BCUT2D eigenvalue weighted by atomic mass is 19.4. The summed E-state index contributed by atoms with van der Waals surface area (Å²) in [6.07, 6.45) is -34.4. The molecule has 0 fully saturated rings. The van der Waals surface area contributed by atoms with Crippen LogP contribution in [0.25, 0.3) is 0 Å². The van der Waals surface area contributed by atoms with E-state index in [1.807, 2.05) is 64.1 Å². The molecule has 8 nitrogen and oxygen atoms in total. The largest absolute Gasteiger partial charge is 0.481 e. The fourth-order valence-corrected chi connectivity index (χ4v) is 2.13. The van der Waals surface area contributed by atoms with Crippen molar-refractivity contribution in [3.05, 3.63) is 108 Å². The van der Waals surface area contributed by atoms with Gasteiger partial charge in [0.25, 0.3) is 17.2 Å². The molecule has 0 aromatic heterocycles. The number of aliphatic carboxylic acids is 1. The van der Waals surface area contributed by atoms with Gasteiger partial charge in [-0.05, 0) is 39.8 Å². The van der Waals surface area contributed by atoms with Crippen LogP contribution in [0.3, 0.4) is 0 Å². The van der Waals surface area contributed by atoms with Crippen molar-refractivity contribution >= 4 is 17.7 Å². The van der Waals surface area contributed by atoms with Crippen LogP contribution in [0.1, 0.15) is 70.0 Å². The number of benzene rings is 3. The molecule has 0 saturated heterocycles. The van der Waals surface area contributed by atoms with Crippen LogP contribution in [-0.2, 0) is 9.59 Å². The molecule has 26 heteroatoms. The van der Waals surface area contributed by atoms with Crippen molar-refractivity contribution in [1.82, 2.24) is 0 Å². The summed E-state index contributed by atoms with van der Waals surface area (Å²) < 4.78 is 202. The summed E-state index contributed by atoms with van der Waals surface area (Å²) in [5.41, 5.74) is -6.28. The quantitative estimate of drug-likeness (QED) is 0.176. The number of aryl methyl sites for hydroxylation is 2. The molecule has 0 radical (unpaired) electrons. The Morgan fingerprint density at radius 3 is 0.656 bits per heavy atom. The highest BCUT2D eigenvalue weighted by Gasteiger charge is 2.68. The van der Waals surface area contributed by atoms with Gasteiger partial charge in [-0.2, -0.15) is 79.0 Å². The van der Waals surface area contributed by atoms with E-state index in [9.17, 15) is 88.6 Å². The summed E-state index contributed by atoms with van der Waals surface area (Å²) in [6.45, 7) is 12.6. The number of carboxylic acids is 2. The zero-order chi connectivity index (χ0) is 52.1. The van der Waals surface area contributed by atoms with Gasteiger partial charge in [0, 0.05) is 6.92 Å². The number of aromatic carboxylic acids is 1. The summed E-state index contributed by atoms with van der Waals surface area (Å²) in [4.78, 5) is 28.4. The number of ketones is 1. The Hall–Kier alpha value is -5.11. The number of rotatable bonds is 1. The molecule has 0 heterocycles. The minimum absolute atomic E-state index is 0. The number of halogens is 18. The molecule has 3 rings (SSSR count). The van der Waals surface area contributed by atoms with E-state index in [2.05, 4.69) is 38.1 Å². The van der Waals surface area contributed by atoms with Crippen molar-refractivity contribution in [2.24, 2.45) is 0 Å². The molecular weight excluding hydrogens is 926 g/mol. The first kappa shape index (κ1) is 73.3. The minimum atomic E-state index is -5.82. The maximum absolute atomic E-state index is 11.4. The normalized spacial score (nSPS) is 11.1. The van der Waals surface area contributed by atoms with Crippen molar-refractivity contribution in [3.8, 4) is 0 Å². The second kappa shape index (κ2) is 32.5. The van der Waals surface area contributed by atoms with E-state index in [1.165, 1.54) is 11.1 Å². The van der Waals surface area contributed by atoms with Crippen LogP contribution in [0.5, 0.6) is 0 Å². The number of carbonyl (C=O) groups excluding carboxylic acids is 1. The van der Waals surface area contributed by atoms with Crippen molar-refractivity contribution in [2.45, 2.75) is 111 Å². The average molecular weight is 975 g/mol. The molecule has 0 aliphatic rings. The SMILES string of the molecule is CC.CC.CC(=O)O.CC(O)(C(F)(F)F)C(F)(F)F.CC(O)(C(F)(F)F)C(F)(F)F.Cc1ccccc1.Cc1ccccc1.O.O=C(C(F)(F)F)C(F)(F)F.O=C(O)c1ccccc1. The van der Waals surface area contributed by atoms with Crippen molar-refractivity contribution in [1.29, 1.82) is 0 Å². The zero-order valence-electron chi connectivity index (χ0n) is 35.0. The number of alkyl halides is 18. The van der Waals surface area contributed by atoms with Gasteiger partial charge in [0.05, 0.1) is 5.56 Å². The molecule has 0 saturated carbocycles. The van der Waals surface area contributed by atoms with Crippen LogP contribution in [0.2, 0.25) is 0 Å². The van der Waals surface area contributed by atoms with Crippen molar-refractivity contribution in [3.63, 3.8) is 0 Å². The molecule has 3 aromatic rings. The Balaban J connectivity index is -0.000000118. The van der Waals surface area contributed by atoms with E-state index in [1.54, 1.807) is 30.3 Å². The number of hydrogen-bond acceptors (Lipinski definition) is 5. The smallest absolute Gasteiger partial charge is 0.459 e. The monoisotopic (exact) mass is 974 g/mol. The second-order valence-electron chi connectivity index (χ2n) is 11.0. The van der Waals surface area contributed by atoms with Crippen molar-refractivity contribution < 1.29 is 119 Å². The summed E-state index contributed by atoms with van der Waals surface area (Å²) in [7, 11) is 0. The van der Waals surface area contributed by atoms with Gasteiger partial charge in [-0.1, -0.05) is 118 Å². The van der Waals surface area contributed by atoms with E-state index in [4.69, 9.17) is 25.2 Å². The maximum atomic E-state index is 11.4. The zero-order valence-corrected chi connectivity index (χ0v) is 35.0. The number of carbonyl (C=O) groups is 3. The van der Waals surface area contributed by atoms with Crippen LogP contribution in [0, 0.1) is 13.8 Å². The first-order valence-electron chi connectivity index (χ1n) is 16.9. The van der Waals surface area contributed by atoms with Gasteiger partial charge in [0.15, 0.2) is 0 Å². The Labute approximate surface area is 355 Å². The average Bonchev–Trinajstić information content (AvgIpc) is 3.12. The summed E-state index contributed by atoms with van der Waals surface area (Å²) in [5.74, 6) is -5.39. The van der Waals surface area contributed by atoms with Gasteiger partial charge in [0.1, 0.15) is 0 Å². The highest BCUT2D eigenvalue weighted by molar-refractivity contribution is 5.89. The van der Waals surface area contributed by atoms with E-state index < -0.39 is 66.0 Å². The number of hydrogen-bond donors (Lipinski definition) is 4. The third-order valence-electron chi connectivity index (χ3n) is 5.62. The van der Waals surface area contributed by atoms with Crippen LogP contribution < -0.4 is 0 Å². The lowest BCUT2D eigenvalue weighted by Crippen LogP contribution is -2.54. The molecular formula is C38H48F18O8. The fraction of sp³-hybridized carbons (Fsp3) is 0.447. The number of aliphatic hydroxyl groups is 2. The van der Waals surface area contributed by atoms with Gasteiger partial charge in [-0.3, -0.25) is 9.59 Å². The molecule has 3 aromatic carbocycles. The van der Waals surface area contributed by atoms with E-state index in [0.29, 0.717) is 5.56 Å². The molecule has 374 valence electrons. The third kappa shape index (κ3) is 35.4. The van der Waals surface area contributed by atoms with Crippen LogP contribution in [0.15, 0.2) is 91.0 Å². The molecule has 0 atom stereocenters. The Kier molecular flexibility index (Phi) is 37.3. The lowest BCUT2D eigenvalue weighted by atomic mass is 10.1. The van der Waals surface area contributed by atoms with Gasteiger partial charge in [-0.15, -0.1) is 0 Å². The van der Waals surface area contributed by atoms with Crippen molar-refractivity contribution in [2.75, 3.05) is 0 Å². The van der Waals surface area contributed by atoms with E-state index >= 15 is 0 Å².